The maximum atomic E-state index is 12.8. The van der Waals surface area contributed by atoms with E-state index >= 15 is 0 Å². The minimum absolute atomic E-state index is 0.229. The van der Waals surface area contributed by atoms with Gasteiger partial charge in [-0.1, -0.05) is 42.5 Å². The fourth-order valence-corrected chi connectivity index (χ4v) is 3.72. The maximum absolute atomic E-state index is 12.8. The van der Waals surface area contributed by atoms with Crippen LogP contribution in [-0.2, 0) is 24.2 Å². The molecule has 0 unspecified atom stereocenters. The van der Waals surface area contributed by atoms with Gasteiger partial charge in [-0.2, -0.15) is 0 Å². The number of hydrogen-bond acceptors (Lipinski definition) is 3. The standard InChI is InChI=1S/C21H24N2O2/c24-21(23-11-9-17-5-1-2-6-18(17)10-12-23)16-22-13-14-25-20-8-4-3-7-19(20)15-22/h1-8H,9-16H2. The Morgan fingerprint density at radius 3 is 2.24 bits per heavy atom. The number of para-hydroxylation sites is 1. The van der Waals surface area contributed by atoms with Crippen LogP contribution in [0.3, 0.4) is 0 Å². The number of amides is 1. The van der Waals surface area contributed by atoms with E-state index in [9.17, 15) is 4.79 Å². The molecule has 2 heterocycles. The third-order valence-electron chi connectivity index (χ3n) is 5.16. The van der Waals surface area contributed by atoms with Crippen LogP contribution >= 0.6 is 0 Å². The molecule has 4 heteroatoms. The minimum atomic E-state index is 0.229. The predicted octanol–water partition coefficient (Wildman–Crippen LogP) is 2.51. The smallest absolute Gasteiger partial charge is 0.236 e. The van der Waals surface area contributed by atoms with E-state index in [-0.39, 0.29) is 5.91 Å². The predicted molar refractivity (Wildman–Crippen MR) is 97.6 cm³/mol. The van der Waals surface area contributed by atoms with E-state index in [1.165, 1.54) is 11.1 Å². The SMILES string of the molecule is O=C(CN1CCOc2ccccc2C1)N1CCc2ccccc2CC1. The van der Waals surface area contributed by atoms with E-state index < -0.39 is 0 Å². The summed E-state index contributed by atoms with van der Waals surface area (Å²) in [6.07, 6.45) is 1.90. The molecule has 2 aromatic carbocycles. The molecule has 0 N–H and O–H groups in total. The number of carbonyl (C=O) groups is 1. The van der Waals surface area contributed by atoms with Crippen molar-refractivity contribution in [1.29, 1.82) is 0 Å². The molecular formula is C21H24N2O2. The Kier molecular flexibility index (Phi) is 4.70. The number of benzene rings is 2. The zero-order valence-electron chi connectivity index (χ0n) is 14.5. The third-order valence-corrected chi connectivity index (χ3v) is 5.16. The largest absolute Gasteiger partial charge is 0.492 e. The molecule has 4 rings (SSSR count). The molecule has 0 atom stereocenters. The van der Waals surface area contributed by atoms with Crippen molar-refractivity contribution in [2.45, 2.75) is 19.4 Å². The Morgan fingerprint density at radius 2 is 1.52 bits per heavy atom. The molecule has 0 aromatic heterocycles. The van der Waals surface area contributed by atoms with Gasteiger partial charge >= 0.3 is 0 Å². The molecule has 0 bridgehead atoms. The quantitative estimate of drug-likeness (QED) is 0.845. The van der Waals surface area contributed by atoms with Gasteiger partial charge < -0.3 is 9.64 Å². The molecule has 130 valence electrons. The van der Waals surface area contributed by atoms with E-state index in [4.69, 9.17) is 4.74 Å². The lowest BCUT2D eigenvalue weighted by molar-refractivity contribution is -0.132. The Balaban J connectivity index is 1.39. The van der Waals surface area contributed by atoms with Gasteiger partial charge in [0.1, 0.15) is 12.4 Å². The second-order valence-electron chi connectivity index (χ2n) is 6.82. The van der Waals surface area contributed by atoms with Crippen LogP contribution in [0.4, 0.5) is 0 Å². The third kappa shape index (κ3) is 3.69. The van der Waals surface area contributed by atoms with E-state index in [0.717, 1.165) is 50.3 Å². The van der Waals surface area contributed by atoms with Gasteiger partial charge in [-0.05, 0) is 30.0 Å². The first-order chi connectivity index (χ1) is 12.3. The van der Waals surface area contributed by atoms with Gasteiger partial charge in [-0.3, -0.25) is 9.69 Å². The van der Waals surface area contributed by atoms with Crippen molar-refractivity contribution in [2.75, 3.05) is 32.8 Å². The van der Waals surface area contributed by atoms with Crippen LogP contribution in [0.15, 0.2) is 48.5 Å². The van der Waals surface area contributed by atoms with E-state index in [0.29, 0.717) is 13.2 Å². The van der Waals surface area contributed by atoms with Gasteiger partial charge in [0.05, 0.1) is 6.54 Å². The lowest BCUT2D eigenvalue weighted by atomic mass is 10.0. The molecule has 0 fully saturated rings. The normalized spacial score (nSPS) is 17.7. The number of fused-ring (bicyclic) bond motifs is 2. The summed E-state index contributed by atoms with van der Waals surface area (Å²) >= 11 is 0. The number of hydrogen-bond donors (Lipinski definition) is 0. The van der Waals surface area contributed by atoms with Gasteiger partial charge in [-0.15, -0.1) is 0 Å². The molecule has 0 saturated carbocycles. The zero-order chi connectivity index (χ0) is 17.1. The molecule has 25 heavy (non-hydrogen) atoms. The fourth-order valence-electron chi connectivity index (χ4n) is 3.72. The molecule has 4 nitrogen and oxygen atoms in total. The first-order valence-electron chi connectivity index (χ1n) is 9.07. The Morgan fingerprint density at radius 1 is 0.880 bits per heavy atom. The highest BCUT2D eigenvalue weighted by atomic mass is 16.5. The molecule has 0 radical (unpaired) electrons. The minimum Gasteiger partial charge on any atom is -0.492 e. The van der Waals surface area contributed by atoms with Gasteiger partial charge in [0, 0.05) is 31.7 Å². The molecule has 2 aliphatic rings. The summed E-state index contributed by atoms with van der Waals surface area (Å²) in [6.45, 7) is 4.29. The number of nitrogens with zero attached hydrogens (tertiary/aromatic N) is 2. The maximum Gasteiger partial charge on any atom is 0.236 e. The molecule has 1 amide bonds. The van der Waals surface area contributed by atoms with Crippen molar-refractivity contribution in [3.63, 3.8) is 0 Å². The van der Waals surface area contributed by atoms with Crippen LogP contribution in [0, 0.1) is 0 Å². The lowest BCUT2D eigenvalue weighted by Crippen LogP contribution is -2.42. The number of ether oxygens (including phenoxy) is 1. The molecule has 0 aliphatic carbocycles. The fraction of sp³-hybridized carbons (Fsp3) is 0.381. The Labute approximate surface area is 149 Å². The Hall–Kier alpha value is -2.33. The van der Waals surface area contributed by atoms with Crippen molar-refractivity contribution < 1.29 is 9.53 Å². The van der Waals surface area contributed by atoms with Gasteiger partial charge in [0.25, 0.3) is 0 Å². The Bertz CT molecular complexity index is 732. The van der Waals surface area contributed by atoms with E-state index in [2.05, 4.69) is 35.2 Å². The van der Waals surface area contributed by atoms with Crippen molar-refractivity contribution in [1.82, 2.24) is 9.80 Å². The molecule has 0 saturated heterocycles. The zero-order valence-corrected chi connectivity index (χ0v) is 14.5. The number of rotatable bonds is 2. The summed E-state index contributed by atoms with van der Waals surface area (Å²) in [4.78, 5) is 17.1. The van der Waals surface area contributed by atoms with Gasteiger partial charge in [0.15, 0.2) is 0 Å². The van der Waals surface area contributed by atoms with Crippen molar-refractivity contribution >= 4 is 5.91 Å². The summed E-state index contributed by atoms with van der Waals surface area (Å²) in [5.41, 5.74) is 3.93. The topological polar surface area (TPSA) is 32.8 Å². The average Bonchev–Trinajstić information content (AvgIpc) is 2.97. The summed E-state index contributed by atoms with van der Waals surface area (Å²) in [5.74, 6) is 1.18. The van der Waals surface area contributed by atoms with Gasteiger partial charge in [0.2, 0.25) is 5.91 Å². The average molecular weight is 336 g/mol. The first kappa shape index (κ1) is 16.2. The van der Waals surface area contributed by atoms with Crippen LogP contribution < -0.4 is 4.74 Å². The van der Waals surface area contributed by atoms with Crippen LogP contribution in [-0.4, -0.2) is 48.5 Å². The first-order valence-corrected chi connectivity index (χ1v) is 9.07. The number of carbonyl (C=O) groups excluding carboxylic acids is 1. The highest BCUT2D eigenvalue weighted by molar-refractivity contribution is 5.78. The summed E-state index contributed by atoms with van der Waals surface area (Å²) < 4.78 is 5.80. The van der Waals surface area contributed by atoms with Crippen molar-refractivity contribution in [3.8, 4) is 5.75 Å². The second kappa shape index (κ2) is 7.28. The van der Waals surface area contributed by atoms with Crippen molar-refractivity contribution in [3.05, 3.63) is 65.2 Å². The monoisotopic (exact) mass is 336 g/mol. The molecule has 0 spiro atoms. The van der Waals surface area contributed by atoms with Crippen LogP contribution in [0.1, 0.15) is 16.7 Å². The van der Waals surface area contributed by atoms with Crippen LogP contribution in [0.2, 0.25) is 0 Å². The summed E-state index contributed by atoms with van der Waals surface area (Å²) in [5, 5.41) is 0. The van der Waals surface area contributed by atoms with Crippen LogP contribution in [0.25, 0.3) is 0 Å². The second-order valence-corrected chi connectivity index (χ2v) is 6.82. The lowest BCUT2D eigenvalue weighted by Gasteiger charge is -2.25. The van der Waals surface area contributed by atoms with Gasteiger partial charge in [-0.25, -0.2) is 0 Å². The molecular weight excluding hydrogens is 312 g/mol. The van der Waals surface area contributed by atoms with E-state index in [1.54, 1.807) is 0 Å². The summed E-state index contributed by atoms with van der Waals surface area (Å²) in [6, 6.07) is 16.7. The molecule has 2 aliphatic heterocycles. The van der Waals surface area contributed by atoms with E-state index in [1.807, 2.05) is 23.1 Å². The van der Waals surface area contributed by atoms with Crippen LogP contribution in [0.5, 0.6) is 5.75 Å². The molecule has 2 aromatic rings. The highest BCUT2D eigenvalue weighted by Gasteiger charge is 2.22. The highest BCUT2D eigenvalue weighted by Crippen LogP contribution is 2.22. The van der Waals surface area contributed by atoms with Crippen molar-refractivity contribution in [2.24, 2.45) is 0 Å². The summed E-state index contributed by atoms with van der Waals surface area (Å²) in [7, 11) is 0.